The van der Waals surface area contributed by atoms with Crippen LogP contribution in [-0.4, -0.2) is 23.0 Å². The van der Waals surface area contributed by atoms with Crippen molar-refractivity contribution in [2.75, 3.05) is 7.11 Å². The average molecular weight is 480 g/mol. The van der Waals surface area contributed by atoms with Crippen molar-refractivity contribution in [3.05, 3.63) is 114 Å². The first kappa shape index (κ1) is 22.7. The standard InChI is InChI=1S/C29H25N3O2S/c1-19-8-6-12-23(16-19)35-32-29(33)26-13-7-11-21(30-26)17-25-24-15-14-22(34-2)18-27(24)31-28(25)20-9-4-3-5-10-20/h3-16,18,31H,17H2,1-2H3,(H,32,33). The zero-order valence-electron chi connectivity index (χ0n) is 19.5. The van der Waals surface area contributed by atoms with Gasteiger partial charge in [0.25, 0.3) is 5.91 Å². The number of aromatic nitrogens is 2. The van der Waals surface area contributed by atoms with Gasteiger partial charge in [-0.15, -0.1) is 0 Å². The van der Waals surface area contributed by atoms with Gasteiger partial charge in [-0.3, -0.25) is 9.52 Å². The molecule has 0 radical (unpaired) electrons. The summed E-state index contributed by atoms with van der Waals surface area (Å²) in [6.45, 7) is 2.03. The number of hydrogen-bond donors (Lipinski definition) is 2. The lowest BCUT2D eigenvalue weighted by Gasteiger charge is -2.08. The fraction of sp³-hybridized carbons (Fsp3) is 0.103. The summed E-state index contributed by atoms with van der Waals surface area (Å²) in [5.74, 6) is 0.582. The van der Waals surface area contributed by atoms with Crippen LogP contribution >= 0.6 is 11.9 Å². The van der Waals surface area contributed by atoms with Crippen LogP contribution in [-0.2, 0) is 6.42 Å². The molecule has 35 heavy (non-hydrogen) atoms. The lowest BCUT2D eigenvalue weighted by molar-refractivity contribution is 0.0979. The Morgan fingerprint density at radius 1 is 0.971 bits per heavy atom. The SMILES string of the molecule is COc1ccc2c(Cc3cccc(C(=O)NSc4cccc(C)c4)n3)c(-c3ccccc3)[nH]c2c1. The Morgan fingerprint density at radius 2 is 1.80 bits per heavy atom. The molecule has 0 saturated heterocycles. The fourth-order valence-electron chi connectivity index (χ4n) is 4.12. The third kappa shape index (κ3) is 5.08. The Balaban J connectivity index is 1.44. The van der Waals surface area contributed by atoms with E-state index in [-0.39, 0.29) is 5.91 Å². The molecule has 1 amide bonds. The Bertz CT molecular complexity index is 1490. The van der Waals surface area contributed by atoms with Crippen LogP contribution in [0, 0.1) is 6.92 Å². The molecule has 3 aromatic carbocycles. The number of carbonyl (C=O) groups is 1. The maximum atomic E-state index is 12.8. The summed E-state index contributed by atoms with van der Waals surface area (Å²) >= 11 is 1.30. The van der Waals surface area contributed by atoms with E-state index in [4.69, 9.17) is 4.74 Å². The van der Waals surface area contributed by atoms with Gasteiger partial charge in [0.2, 0.25) is 0 Å². The number of hydrogen-bond acceptors (Lipinski definition) is 4. The second-order valence-electron chi connectivity index (χ2n) is 8.30. The van der Waals surface area contributed by atoms with E-state index < -0.39 is 0 Å². The summed E-state index contributed by atoms with van der Waals surface area (Å²) in [5, 5.41) is 1.11. The van der Waals surface area contributed by atoms with E-state index in [1.165, 1.54) is 11.9 Å². The number of nitrogens with zero attached hydrogens (tertiary/aromatic N) is 1. The van der Waals surface area contributed by atoms with Crippen LogP contribution in [0.2, 0.25) is 0 Å². The van der Waals surface area contributed by atoms with Crippen LogP contribution in [0.4, 0.5) is 0 Å². The van der Waals surface area contributed by atoms with Crippen molar-refractivity contribution in [1.29, 1.82) is 0 Å². The maximum Gasteiger partial charge on any atom is 0.279 e. The average Bonchev–Trinajstić information content (AvgIpc) is 3.25. The molecule has 0 atom stereocenters. The summed E-state index contributed by atoms with van der Waals surface area (Å²) in [6.07, 6.45) is 0.586. The normalized spacial score (nSPS) is 10.9. The molecule has 0 saturated carbocycles. The van der Waals surface area contributed by atoms with E-state index >= 15 is 0 Å². The van der Waals surface area contributed by atoms with Gasteiger partial charge >= 0.3 is 0 Å². The highest BCUT2D eigenvalue weighted by atomic mass is 32.2. The van der Waals surface area contributed by atoms with Crippen molar-refractivity contribution in [3.63, 3.8) is 0 Å². The van der Waals surface area contributed by atoms with Gasteiger partial charge in [-0.1, -0.05) is 48.5 Å². The minimum absolute atomic E-state index is 0.217. The number of fused-ring (bicyclic) bond motifs is 1. The minimum atomic E-state index is -0.217. The third-order valence-corrected chi connectivity index (χ3v) is 6.60. The molecule has 174 valence electrons. The molecule has 2 heterocycles. The highest BCUT2D eigenvalue weighted by Crippen LogP contribution is 2.33. The molecule has 0 aliphatic carbocycles. The summed E-state index contributed by atoms with van der Waals surface area (Å²) in [4.78, 5) is 22.1. The van der Waals surface area contributed by atoms with Gasteiger partial charge in [-0.2, -0.15) is 0 Å². The Hall–Kier alpha value is -4.03. The lowest BCUT2D eigenvalue weighted by Crippen LogP contribution is -2.17. The van der Waals surface area contributed by atoms with Gasteiger partial charge in [-0.25, -0.2) is 4.98 Å². The molecule has 0 aliphatic heterocycles. The van der Waals surface area contributed by atoms with Crippen LogP contribution < -0.4 is 9.46 Å². The zero-order valence-corrected chi connectivity index (χ0v) is 20.4. The van der Waals surface area contributed by atoms with Crippen molar-refractivity contribution >= 4 is 28.8 Å². The topological polar surface area (TPSA) is 67.0 Å². The summed E-state index contributed by atoms with van der Waals surface area (Å²) in [6, 6.07) is 29.9. The molecule has 2 N–H and O–H groups in total. The highest BCUT2D eigenvalue weighted by Gasteiger charge is 2.16. The molecule has 0 aliphatic rings. The zero-order chi connectivity index (χ0) is 24.2. The summed E-state index contributed by atoms with van der Waals surface area (Å²) in [5.41, 5.74) is 6.64. The van der Waals surface area contributed by atoms with Crippen molar-refractivity contribution in [3.8, 4) is 17.0 Å². The molecule has 5 aromatic rings. The number of amides is 1. The maximum absolute atomic E-state index is 12.8. The number of carbonyl (C=O) groups excluding carboxylic acids is 1. The number of methoxy groups -OCH3 is 1. The van der Waals surface area contributed by atoms with Crippen molar-refractivity contribution in [2.24, 2.45) is 0 Å². The Kier molecular flexibility index (Phi) is 6.55. The Morgan fingerprint density at radius 3 is 2.60 bits per heavy atom. The second kappa shape index (κ2) is 10.1. The van der Waals surface area contributed by atoms with Gasteiger partial charge in [0.15, 0.2) is 0 Å². The predicted molar refractivity (Wildman–Crippen MR) is 142 cm³/mol. The van der Waals surface area contributed by atoms with E-state index in [1.54, 1.807) is 13.2 Å². The monoisotopic (exact) mass is 479 g/mol. The number of rotatable bonds is 7. The van der Waals surface area contributed by atoms with E-state index in [1.807, 2.05) is 73.7 Å². The largest absolute Gasteiger partial charge is 0.497 e. The first-order chi connectivity index (χ1) is 17.1. The second-order valence-corrected chi connectivity index (χ2v) is 9.18. The van der Waals surface area contributed by atoms with Crippen molar-refractivity contribution in [2.45, 2.75) is 18.2 Å². The Labute approximate surface area is 208 Å². The number of ether oxygens (including phenoxy) is 1. The summed E-state index contributed by atoms with van der Waals surface area (Å²) < 4.78 is 8.32. The molecule has 0 fully saturated rings. The van der Waals surface area contributed by atoms with Crippen LogP contribution in [0.25, 0.3) is 22.2 Å². The van der Waals surface area contributed by atoms with Crippen LogP contribution in [0.15, 0.2) is 95.9 Å². The van der Waals surface area contributed by atoms with Crippen LogP contribution in [0.3, 0.4) is 0 Å². The highest BCUT2D eigenvalue weighted by molar-refractivity contribution is 7.98. The molecule has 5 rings (SSSR count). The van der Waals surface area contributed by atoms with Gasteiger partial charge in [0, 0.05) is 34.0 Å². The first-order valence-corrected chi connectivity index (χ1v) is 12.2. The number of nitrogens with one attached hydrogen (secondary N) is 2. The molecule has 2 aromatic heterocycles. The van der Waals surface area contributed by atoms with Crippen molar-refractivity contribution < 1.29 is 9.53 Å². The van der Waals surface area contributed by atoms with Gasteiger partial charge < -0.3 is 9.72 Å². The predicted octanol–water partition coefficient (Wildman–Crippen LogP) is 6.57. The van der Waals surface area contributed by atoms with E-state index in [2.05, 4.69) is 32.9 Å². The number of benzene rings is 3. The molecule has 0 unspecified atom stereocenters. The van der Waals surface area contributed by atoms with Gasteiger partial charge in [0.05, 0.1) is 12.8 Å². The van der Waals surface area contributed by atoms with E-state index in [9.17, 15) is 4.79 Å². The molecular formula is C29H25N3O2S. The van der Waals surface area contributed by atoms with E-state index in [0.717, 1.165) is 49.6 Å². The number of aromatic amines is 1. The molecule has 0 spiro atoms. The number of aryl methyl sites for hydroxylation is 1. The van der Waals surface area contributed by atoms with Crippen LogP contribution in [0.1, 0.15) is 27.3 Å². The smallest absolute Gasteiger partial charge is 0.279 e. The molecular weight excluding hydrogens is 454 g/mol. The van der Waals surface area contributed by atoms with Crippen molar-refractivity contribution in [1.82, 2.24) is 14.7 Å². The third-order valence-electron chi connectivity index (χ3n) is 5.82. The number of H-pyrrole nitrogens is 1. The minimum Gasteiger partial charge on any atom is -0.497 e. The van der Waals surface area contributed by atoms with Gasteiger partial charge in [-0.05, 0) is 72.0 Å². The van der Waals surface area contributed by atoms with E-state index in [0.29, 0.717) is 12.1 Å². The quantitative estimate of drug-likeness (QED) is 0.259. The lowest BCUT2D eigenvalue weighted by atomic mass is 10.0. The molecule has 6 heteroatoms. The fourth-order valence-corrected chi connectivity index (χ4v) is 4.83. The van der Waals surface area contributed by atoms with Gasteiger partial charge in [0.1, 0.15) is 11.4 Å². The number of pyridine rings is 1. The molecule has 5 nitrogen and oxygen atoms in total. The summed E-state index contributed by atoms with van der Waals surface area (Å²) in [7, 11) is 1.67. The first-order valence-electron chi connectivity index (χ1n) is 11.3. The van der Waals surface area contributed by atoms with Crippen LogP contribution in [0.5, 0.6) is 5.75 Å². The molecule has 0 bridgehead atoms.